The molecule has 2 aromatic rings. The average Bonchev–Trinajstić information content (AvgIpc) is 3.32. The molecule has 2 unspecified atom stereocenters. The molecule has 4 rings (SSSR count). The number of sulfone groups is 1. The highest BCUT2D eigenvalue weighted by Gasteiger charge is 2.31. The highest BCUT2D eigenvalue weighted by atomic mass is 32.2. The molecule has 0 spiro atoms. The third-order valence-electron chi connectivity index (χ3n) is 6.10. The Kier molecular flexibility index (Phi) is 6.48. The van der Waals surface area contributed by atoms with Gasteiger partial charge in [-0.25, -0.2) is 18.4 Å². The van der Waals surface area contributed by atoms with E-state index in [1.54, 1.807) is 0 Å². The molecular weight excluding hydrogens is 428 g/mol. The highest BCUT2D eigenvalue weighted by Crippen LogP contribution is 2.37. The summed E-state index contributed by atoms with van der Waals surface area (Å²) in [5.41, 5.74) is 3.78. The van der Waals surface area contributed by atoms with E-state index in [0.29, 0.717) is 38.2 Å². The number of aryl methyl sites for hydroxylation is 2. The number of fused-ring (bicyclic) bond motifs is 1. The number of hydrogen-bond donors (Lipinski definition) is 1. The van der Waals surface area contributed by atoms with Gasteiger partial charge in [0.05, 0.1) is 23.6 Å². The first-order valence-corrected chi connectivity index (χ1v) is 12.8. The van der Waals surface area contributed by atoms with Crippen LogP contribution in [0.5, 0.6) is 5.75 Å². The van der Waals surface area contributed by atoms with Crippen molar-refractivity contribution in [2.24, 2.45) is 0 Å². The van der Waals surface area contributed by atoms with Crippen molar-refractivity contribution in [1.29, 1.82) is 0 Å². The molecule has 8 nitrogen and oxygen atoms in total. The molecule has 0 bridgehead atoms. The number of rotatable bonds is 7. The maximum Gasteiger partial charge on any atom is 0.221 e. The summed E-state index contributed by atoms with van der Waals surface area (Å²) in [6, 6.07) is 7.93. The SMILES string of the molecule is Cc1cc(C)nc(-c2cccc3c2OC(CNC(=O)CCN(C)C2CCS(=O)(=O)C2)C3)n1. The summed E-state index contributed by atoms with van der Waals surface area (Å²) in [6.45, 7) is 4.85. The Bertz CT molecular complexity index is 1100. The molecule has 2 aliphatic rings. The van der Waals surface area contributed by atoms with E-state index >= 15 is 0 Å². The summed E-state index contributed by atoms with van der Waals surface area (Å²) < 4.78 is 29.5. The molecule has 1 fully saturated rings. The number of amides is 1. The van der Waals surface area contributed by atoms with Crippen LogP contribution in [0.2, 0.25) is 0 Å². The maximum atomic E-state index is 12.4. The normalized spacial score (nSPS) is 21.4. The molecule has 0 aliphatic carbocycles. The fraction of sp³-hybridized carbons (Fsp3) is 0.522. The van der Waals surface area contributed by atoms with Crippen LogP contribution in [0.1, 0.15) is 29.8 Å². The van der Waals surface area contributed by atoms with E-state index in [1.807, 2.05) is 50.1 Å². The zero-order valence-corrected chi connectivity index (χ0v) is 19.6. The minimum Gasteiger partial charge on any atom is -0.487 e. The molecule has 172 valence electrons. The van der Waals surface area contributed by atoms with Crippen LogP contribution in [-0.4, -0.2) is 73.0 Å². The van der Waals surface area contributed by atoms with Crippen molar-refractivity contribution in [3.05, 3.63) is 41.2 Å². The van der Waals surface area contributed by atoms with E-state index in [-0.39, 0.29) is 29.6 Å². The maximum absolute atomic E-state index is 12.4. The van der Waals surface area contributed by atoms with Crippen molar-refractivity contribution in [3.8, 4) is 17.1 Å². The van der Waals surface area contributed by atoms with Crippen LogP contribution >= 0.6 is 0 Å². The van der Waals surface area contributed by atoms with Gasteiger partial charge in [-0.15, -0.1) is 0 Å². The van der Waals surface area contributed by atoms with Gasteiger partial charge in [-0.2, -0.15) is 0 Å². The molecule has 0 saturated carbocycles. The lowest BCUT2D eigenvalue weighted by molar-refractivity contribution is -0.121. The Labute approximate surface area is 189 Å². The van der Waals surface area contributed by atoms with Gasteiger partial charge in [-0.3, -0.25) is 4.79 Å². The van der Waals surface area contributed by atoms with E-state index < -0.39 is 9.84 Å². The molecule has 1 amide bonds. The second-order valence-electron chi connectivity index (χ2n) is 8.80. The standard InChI is InChI=1S/C23H30N4O4S/c1-15-11-16(2)26-23(25-15)20-6-4-5-17-12-19(31-22(17)20)13-24-21(28)7-9-27(3)18-8-10-32(29,30)14-18/h4-6,11,18-19H,7-10,12-14H2,1-3H3,(H,24,28). The molecule has 1 aromatic carbocycles. The zero-order chi connectivity index (χ0) is 22.9. The Morgan fingerprint density at radius 1 is 1.25 bits per heavy atom. The minimum atomic E-state index is -2.92. The monoisotopic (exact) mass is 458 g/mol. The molecule has 1 aromatic heterocycles. The first-order valence-electron chi connectivity index (χ1n) is 11.0. The van der Waals surface area contributed by atoms with E-state index in [0.717, 1.165) is 28.3 Å². The number of carbonyl (C=O) groups is 1. The van der Waals surface area contributed by atoms with Gasteiger partial charge in [-0.1, -0.05) is 12.1 Å². The van der Waals surface area contributed by atoms with Gasteiger partial charge in [0.15, 0.2) is 15.7 Å². The molecule has 32 heavy (non-hydrogen) atoms. The van der Waals surface area contributed by atoms with Crippen LogP contribution in [0.25, 0.3) is 11.4 Å². The number of hydrogen-bond acceptors (Lipinski definition) is 7. The Balaban J connectivity index is 1.30. The zero-order valence-electron chi connectivity index (χ0n) is 18.8. The molecule has 9 heteroatoms. The Morgan fingerprint density at radius 3 is 2.69 bits per heavy atom. The molecule has 2 aliphatic heterocycles. The fourth-order valence-corrected chi connectivity index (χ4v) is 6.18. The van der Waals surface area contributed by atoms with Crippen molar-refractivity contribution >= 4 is 15.7 Å². The first kappa shape index (κ1) is 22.7. The van der Waals surface area contributed by atoms with Gasteiger partial charge in [0.2, 0.25) is 5.91 Å². The van der Waals surface area contributed by atoms with Crippen molar-refractivity contribution in [2.75, 3.05) is 31.6 Å². The van der Waals surface area contributed by atoms with Crippen LogP contribution in [0.3, 0.4) is 0 Å². The van der Waals surface area contributed by atoms with Crippen LogP contribution in [0.4, 0.5) is 0 Å². The van der Waals surface area contributed by atoms with Crippen LogP contribution in [0, 0.1) is 13.8 Å². The average molecular weight is 459 g/mol. The predicted octanol–water partition coefficient (Wildman–Crippen LogP) is 1.69. The second-order valence-corrected chi connectivity index (χ2v) is 11.0. The predicted molar refractivity (Wildman–Crippen MR) is 122 cm³/mol. The topological polar surface area (TPSA) is 101 Å². The van der Waals surface area contributed by atoms with E-state index in [4.69, 9.17) is 4.74 Å². The summed E-state index contributed by atoms with van der Waals surface area (Å²) in [7, 11) is -1.04. The van der Waals surface area contributed by atoms with Crippen LogP contribution in [0.15, 0.2) is 24.3 Å². The summed E-state index contributed by atoms with van der Waals surface area (Å²) in [5, 5.41) is 2.96. The number of carbonyl (C=O) groups excluding carboxylic acids is 1. The Morgan fingerprint density at radius 2 is 2.00 bits per heavy atom. The fourth-order valence-electron chi connectivity index (χ4n) is 4.37. The molecule has 1 saturated heterocycles. The largest absolute Gasteiger partial charge is 0.487 e. The van der Waals surface area contributed by atoms with Crippen molar-refractivity contribution < 1.29 is 17.9 Å². The summed E-state index contributed by atoms with van der Waals surface area (Å²) >= 11 is 0. The number of nitrogens with zero attached hydrogens (tertiary/aromatic N) is 3. The number of benzene rings is 1. The van der Waals surface area contributed by atoms with Gasteiger partial charge in [0.1, 0.15) is 11.9 Å². The van der Waals surface area contributed by atoms with Crippen molar-refractivity contribution in [2.45, 2.75) is 45.3 Å². The number of aromatic nitrogens is 2. The molecule has 3 heterocycles. The van der Waals surface area contributed by atoms with Gasteiger partial charge in [0.25, 0.3) is 0 Å². The summed E-state index contributed by atoms with van der Waals surface area (Å²) in [4.78, 5) is 23.4. The summed E-state index contributed by atoms with van der Waals surface area (Å²) in [6.07, 6.45) is 1.54. The van der Waals surface area contributed by atoms with Crippen LogP contribution < -0.4 is 10.1 Å². The van der Waals surface area contributed by atoms with Gasteiger partial charge in [-0.05, 0) is 45.0 Å². The van der Waals surface area contributed by atoms with Crippen molar-refractivity contribution in [3.63, 3.8) is 0 Å². The van der Waals surface area contributed by atoms with Gasteiger partial charge in [0, 0.05) is 36.8 Å². The lowest BCUT2D eigenvalue weighted by Gasteiger charge is -2.22. The molecule has 1 N–H and O–H groups in total. The van der Waals surface area contributed by atoms with Gasteiger partial charge < -0.3 is 15.0 Å². The quantitative estimate of drug-likeness (QED) is 0.674. The molecular formula is C23H30N4O4S. The lowest BCUT2D eigenvalue weighted by atomic mass is 10.1. The van der Waals surface area contributed by atoms with E-state index in [9.17, 15) is 13.2 Å². The summed E-state index contributed by atoms with van der Waals surface area (Å²) in [5.74, 6) is 1.81. The van der Waals surface area contributed by atoms with Crippen LogP contribution in [-0.2, 0) is 21.1 Å². The first-order chi connectivity index (χ1) is 15.2. The lowest BCUT2D eigenvalue weighted by Crippen LogP contribution is -2.38. The second kappa shape index (κ2) is 9.15. The third kappa shape index (κ3) is 5.27. The number of nitrogens with one attached hydrogen (secondary N) is 1. The minimum absolute atomic E-state index is 0.00589. The number of para-hydroxylation sites is 1. The highest BCUT2D eigenvalue weighted by molar-refractivity contribution is 7.91. The van der Waals surface area contributed by atoms with Gasteiger partial charge >= 0.3 is 0 Å². The van der Waals surface area contributed by atoms with Crippen molar-refractivity contribution in [1.82, 2.24) is 20.2 Å². The van der Waals surface area contributed by atoms with E-state index in [2.05, 4.69) is 15.3 Å². The number of ether oxygens (including phenoxy) is 1. The van der Waals surface area contributed by atoms with E-state index in [1.165, 1.54) is 0 Å². The Hall–Kier alpha value is -2.52. The molecule has 2 atom stereocenters. The molecule has 0 radical (unpaired) electrons. The third-order valence-corrected chi connectivity index (χ3v) is 7.85. The smallest absolute Gasteiger partial charge is 0.221 e.